The number of halogens is 5. The second-order valence-corrected chi connectivity index (χ2v) is 17.9. The van der Waals surface area contributed by atoms with Gasteiger partial charge in [-0.05, 0) is 95.9 Å². The number of carbonyl (C=O) groups is 1. The summed E-state index contributed by atoms with van der Waals surface area (Å²) in [5.74, 6) is -3.56. The predicted octanol–water partition coefficient (Wildman–Crippen LogP) is 3.77. The summed E-state index contributed by atoms with van der Waals surface area (Å²) in [6.45, 7) is -0.163. The Kier molecular flexibility index (Phi) is 8.56. The van der Waals surface area contributed by atoms with Gasteiger partial charge in [0.1, 0.15) is 0 Å². The number of benzene rings is 2. The first-order valence-corrected chi connectivity index (χ1v) is 18.0. The lowest BCUT2D eigenvalue weighted by Crippen LogP contribution is -3.85. The summed E-state index contributed by atoms with van der Waals surface area (Å²) in [5, 5.41) is -5.44. The van der Waals surface area contributed by atoms with E-state index in [1.165, 1.54) is 24.3 Å². The van der Waals surface area contributed by atoms with Crippen LogP contribution in [0.2, 0.25) is 0 Å². The molecule has 4 saturated carbocycles. The highest BCUT2D eigenvalue weighted by Crippen LogP contribution is 2.60. The van der Waals surface area contributed by atoms with Crippen LogP contribution >= 0.6 is 0 Å². The fraction of sp³-hybridized carbons (Fsp3) is 0.552. The van der Waals surface area contributed by atoms with Crippen LogP contribution in [-0.2, 0) is 22.2 Å². The van der Waals surface area contributed by atoms with Gasteiger partial charge in [0.2, 0.25) is 0 Å². The smallest absolute Gasteiger partial charge is 0.435 e. The maximum Gasteiger partial charge on any atom is 0.435 e. The summed E-state index contributed by atoms with van der Waals surface area (Å²) >= 11 is -3.51. The number of carbonyl (C=O) groups excluding carboxylic acids is 1. The third-order valence-corrected chi connectivity index (χ3v) is 15.8. The molecule has 0 aromatic heterocycles. The van der Waals surface area contributed by atoms with Gasteiger partial charge < -0.3 is 4.74 Å². The number of hydrogen-bond acceptors (Lipinski definition) is 5. The van der Waals surface area contributed by atoms with Crippen molar-refractivity contribution in [1.82, 2.24) is 0 Å². The van der Waals surface area contributed by atoms with E-state index in [-0.39, 0.29) is 19.0 Å². The van der Waals surface area contributed by atoms with Crippen LogP contribution in [0.15, 0.2) is 60.7 Å². The molecule has 0 atom stereocenters. The zero-order chi connectivity index (χ0) is 28.6. The molecule has 4 bridgehead atoms. The van der Waals surface area contributed by atoms with Crippen molar-refractivity contribution in [1.29, 1.82) is 0 Å². The largest absolute Gasteiger partial charge is 0.465 e. The lowest BCUT2D eigenvalue weighted by Gasteiger charge is -2.55. The van der Waals surface area contributed by atoms with Gasteiger partial charge in [-0.1, -0.05) is 36.4 Å². The number of esters is 1. The number of rotatable bonds is 12. The minimum atomic E-state index is -5.99. The average molecular weight is 697 g/mol. The van der Waals surface area contributed by atoms with Gasteiger partial charge in [0.05, 0.1) is 12.0 Å². The van der Waals surface area contributed by atoms with Gasteiger partial charge in [0.15, 0.2) is 7.14 Å². The molecule has 0 aliphatic heterocycles. The first kappa shape index (κ1) is 29.8. The van der Waals surface area contributed by atoms with E-state index in [0.29, 0.717) is 24.9 Å². The van der Waals surface area contributed by atoms with Gasteiger partial charge in [-0.2, -0.15) is 26.0 Å². The Hall–Kier alpha value is -1.73. The van der Waals surface area contributed by atoms with Crippen molar-refractivity contribution in [3.05, 3.63) is 67.8 Å². The Bertz CT molecular complexity index is 1220. The number of ether oxygens (including phenoxy) is 1. The van der Waals surface area contributed by atoms with E-state index in [1.807, 2.05) is 0 Å². The Morgan fingerprint density at radius 2 is 1.30 bits per heavy atom. The predicted molar refractivity (Wildman–Crippen MR) is 136 cm³/mol. The van der Waals surface area contributed by atoms with Gasteiger partial charge in [0, 0.05) is 6.42 Å². The zero-order valence-electron chi connectivity index (χ0n) is 21.9. The van der Waals surface area contributed by atoms with Gasteiger partial charge in [-0.15, -0.1) is 0 Å². The molecule has 0 unspecified atom stereocenters. The van der Waals surface area contributed by atoms with Crippen molar-refractivity contribution in [2.24, 2.45) is 23.2 Å². The van der Waals surface area contributed by atoms with Crippen LogP contribution in [0.25, 0.3) is 0 Å². The molecular formula is C29H33F4IO5S+. The van der Waals surface area contributed by atoms with Crippen LogP contribution < -0.4 is 20.2 Å². The Balaban J connectivity index is 1.17. The van der Waals surface area contributed by atoms with Gasteiger partial charge >= 0.3 is 47.5 Å². The summed E-state index contributed by atoms with van der Waals surface area (Å²) in [4.78, 5) is 12.9. The van der Waals surface area contributed by atoms with Gasteiger partial charge in [-0.3, -0.25) is 4.79 Å². The van der Waals surface area contributed by atoms with E-state index >= 15 is 0 Å². The van der Waals surface area contributed by atoms with Crippen molar-refractivity contribution < 1.29 is 58.3 Å². The van der Waals surface area contributed by atoms with Crippen molar-refractivity contribution in [3.63, 3.8) is 0 Å². The Morgan fingerprint density at radius 1 is 0.825 bits per heavy atom. The summed E-state index contributed by atoms with van der Waals surface area (Å²) < 4.78 is 95.8. The van der Waals surface area contributed by atoms with Gasteiger partial charge in [0.25, 0.3) is 0 Å². The summed E-state index contributed by atoms with van der Waals surface area (Å²) in [6, 6.07) is 15.9. The molecule has 0 heterocycles. The standard InChI is InChI=1S/C29H33F4IO5S/c30-28(31,13-7-8-14-38-26(35)27-18-21-15-22(19-27)17-23(16-21)20-27)29(32,33)40(36,37)39-34(24-9-3-1-4-10-24)25-11-5-2-6-12-25/h1-6,9-12,21-23H,7-8,13-20H2/q+1. The fourth-order valence-electron chi connectivity index (χ4n) is 6.84. The summed E-state index contributed by atoms with van der Waals surface area (Å²) in [6.07, 6.45) is 3.98. The Labute approximate surface area is 240 Å². The molecule has 5 nitrogen and oxygen atoms in total. The van der Waals surface area contributed by atoms with Crippen LogP contribution in [0.4, 0.5) is 17.6 Å². The molecule has 2 aromatic rings. The normalized spacial score (nSPS) is 26.3. The molecule has 1 radical (unpaired) electrons. The molecule has 2 aromatic carbocycles. The van der Waals surface area contributed by atoms with Crippen molar-refractivity contribution in [2.75, 3.05) is 6.61 Å². The second kappa shape index (κ2) is 11.5. The number of hydrogen-bond donors (Lipinski definition) is 0. The van der Waals surface area contributed by atoms with Crippen LogP contribution in [0.1, 0.15) is 57.8 Å². The maximum atomic E-state index is 14.9. The lowest BCUT2D eigenvalue weighted by atomic mass is 9.49. The zero-order valence-corrected chi connectivity index (χ0v) is 24.9. The maximum absolute atomic E-state index is 14.9. The number of unbranched alkanes of at least 4 members (excludes halogenated alkanes) is 1. The molecule has 219 valence electrons. The molecule has 6 rings (SSSR count). The number of alkyl halides is 4. The highest BCUT2D eigenvalue weighted by atomic mass is 127. The highest BCUT2D eigenvalue weighted by molar-refractivity contribution is 7.87. The van der Waals surface area contributed by atoms with Crippen LogP contribution in [0.5, 0.6) is 0 Å². The monoisotopic (exact) mass is 696 g/mol. The molecule has 4 fully saturated rings. The lowest BCUT2D eigenvalue weighted by molar-refractivity contribution is -1.03. The van der Waals surface area contributed by atoms with Crippen molar-refractivity contribution in [3.8, 4) is 0 Å². The fourth-order valence-corrected chi connectivity index (χ4v) is 13.9. The first-order valence-electron chi connectivity index (χ1n) is 13.6. The van der Waals surface area contributed by atoms with Crippen LogP contribution in [0, 0.1) is 30.3 Å². The molecule has 0 N–H and O–H groups in total. The minimum absolute atomic E-state index is 0.0722. The first-order chi connectivity index (χ1) is 18.9. The third kappa shape index (κ3) is 5.92. The van der Waals surface area contributed by atoms with E-state index in [1.54, 1.807) is 36.4 Å². The SMILES string of the molecule is O=C(OCCCCC(F)(F)C(F)(F)S(=O)(=O)O[I+](c1ccccc1)c1ccccc1)C12CC3CC(CC(C3)C1)C2. The molecule has 40 heavy (non-hydrogen) atoms. The van der Waals surface area contributed by atoms with E-state index in [9.17, 15) is 30.8 Å². The highest BCUT2D eigenvalue weighted by Gasteiger charge is 2.68. The molecule has 0 saturated heterocycles. The van der Waals surface area contributed by atoms with E-state index < -0.39 is 59.8 Å². The van der Waals surface area contributed by atoms with Crippen LogP contribution in [-0.4, -0.2) is 32.2 Å². The average Bonchev–Trinajstić information content (AvgIpc) is 2.91. The molecule has 4 aliphatic rings. The van der Waals surface area contributed by atoms with E-state index in [0.717, 1.165) is 38.5 Å². The molecule has 0 amide bonds. The van der Waals surface area contributed by atoms with Crippen molar-refractivity contribution >= 4 is 16.1 Å². The van der Waals surface area contributed by atoms with Gasteiger partial charge in [-0.25, -0.2) is 0 Å². The second-order valence-electron chi connectivity index (χ2n) is 11.4. The van der Waals surface area contributed by atoms with E-state index in [2.05, 4.69) is 0 Å². The molecule has 11 heteroatoms. The van der Waals surface area contributed by atoms with E-state index in [4.69, 9.17) is 7.25 Å². The third-order valence-electron chi connectivity index (χ3n) is 8.34. The van der Waals surface area contributed by atoms with Crippen LogP contribution in [0.3, 0.4) is 0 Å². The topological polar surface area (TPSA) is 69.7 Å². The quantitative estimate of drug-likeness (QED) is 0.147. The Morgan fingerprint density at radius 3 is 1.77 bits per heavy atom. The summed E-state index contributed by atoms with van der Waals surface area (Å²) in [5.41, 5.74) is -0.491. The van der Waals surface area contributed by atoms with Crippen molar-refractivity contribution in [2.45, 2.75) is 69.0 Å². The molecule has 0 spiro atoms. The summed E-state index contributed by atoms with van der Waals surface area (Å²) in [7, 11) is -5.99. The molecular weight excluding hydrogens is 663 g/mol. The minimum Gasteiger partial charge on any atom is -0.465 e. The molecule has 4 aliphatic carbocycles.